The second-order valence-electron chi connectivity index (χ2n) is 6.09. The molecule has 0 aliphatic heterocycles. The average molecular weight is 409 g/mol. The number of aryl methyl sites for hydroxylation is 1. The predicted octanol–water partition coefficient (Wildman–Crippen LogP) is 4.50. The van der Waals surface area contributed by atoms with Crippen LogP contribution in [0.2, 0.25) is 0 Å². The lowest BCUT2D eigenvalue weighted by atomic mass is 10.2. The lowest BCUT2D eigenvalue weighted by Crippen LogP contribution is -2.20. The van der Waals surface area contributed by atoms with Crippen molar-refractivity contribution in [1.29, 1.82) is 0 Å². The molecule has 0 fully saturated rings. The first-order valence-electron chi connectivity index (χ1n) is 8.44. The van der Waals surface area contributed by atoms with Gasteiger partial charge >= 0.3 is 5.63 Å². The molecule has 0 saturated carbocycles. The van der Waals surface area contributed by atoms with Gasteiger partial charge in [0, 0.05) is 11.1 Å². The quantitative estimate of drug-likeness (QED) is 0.297. The number of rotatable bonds is 5. The maximum absolute atomic E-state index is 12.5. The molecule has 0 radical (unpaired) electrons. The number of hydrogen-bond donors (Lipinski definition) is 1. The molecule has 2 heterocycles. The molecule has 28 heavy (non-hydrogen) atoms. The molecule has 0 aliphatic carbocycles. The number of fused-ring (bicyclic) bond motifs is 1. The minimum Gasteiger partial charge on any atom is -0.422 e. The molecule has 0 unspecified atom stereocenters. The third kappa shape index (κ3) is 4.13. The fourth-order valence-electron chi connectivity index (χ4n) is 2.65. The second-order valence-corrected chi connectivity index (χ2v) is 8.29. The van der Waals surface area contributed by atoms with Crippen LogP contribution in [0.5, 0.6) is 0 Å². The Bertz CT molecular complexity index is 1220. The molecule has 140 valence electrons. The van der Waals surface area contributed by atoms with Crippen molar-refractivity contribution in [1.82, 2.24) is 10.2 Å². The van der Waals surface area contributed by atoms with E-state index in [1.165, 1.54) is 28.5 Å². The lowest BCUT2D eigenvalue weighted by Gasteiger charge is -2.02. The van der Waals surface area contributed by atoms with Gasteiger partial charge in [0.25, 0.3) is 5.91 Å². The first-order chi connectivity index (χ1) is 13.6. The van der Waals surface area contributed by atoms with Crippen LogP contribution in [-0.4, -0.2) is 16.1 Å². The van der Waals surface area contributed by atoms with Crippen LogP contribution in [0.25, 0.3) is 11.0 Å². The summed E-state index contributed by atoms with van der Waals surface area (Å²) in [6.07, 6.45) is 0. The third-order valence-corrected chi connectivity index (χ3v) is 6.00. The Hall–Kier alpha value is -2.97. The van der Waals surface area contributed by atoms with Crippen molar-refractivity contribution < 1.29 is 9.21 Å². The van der Waals surface area contributed by atoms with E-state index in [0.717, 1.165) is 10.1 Å². The molecule has 8 heteroatoms. The van der Waals surface area contributed by atoms with Crippen molar-refractivity contribution in [2.75, 3.05) is 5.32 Å². The largest absolute Gasteiger partial charge is 0.422 e. The molecule has 6 nitrogen and oxygen atoms in total. The molecule has 1 amide bonds. The van der Waals surface area contributed by atoms with E-state index in [1.807, 2.05) is 12.1 Å². The van der Waals surface area contributed by atoms with Crippen molar-refractivity contribution in [3.8, 4) is 0 Å². The van der Waals surface area contributed by atoms with Crippen LogP contribution >= 0.6 is 23.1 Å². The minimum atomic E-state index is -0.685. The van der Waals surface area contributed by atoms with Gasteiger partial charge in [0.1, 0.15) is 11.1 Å². The molecular weight excluding hydrogens is 394 g/mol. The van der Waals surface area contributed by atoms with Crippen molar-refractivity contribution in [2.24, 2.45) is 0 Å². The van der Waals surface area contributed by atoms with Crippen molar-refractivity contribution in [2.45, 2.75) is 17.0 Å². The number of nitrogens with zero attached hydrogens (tertiary/aromatic N) is 2. The molecule has 0 aliphatic rings. The van der Waals surface area contributed by atoms with Gasteiger partial charge in [-0.1, -0.05) is 71.1 Å². The summed E-state index contributed by atoms with van der Waals surface area (Å²) < 4.78 is 5.94. The zero-order valence-electron chi connectivity index (χ0n) is 14.8. The summed E-state index contributed by atoms with van der Waals surface area (Å²) in [7, 11) is 0. The van der Waals surface area contributed by atoms with E-state index >= 15 is 0 Å². The van der Waals surface area contributed by atoms with E-state index in [0.29, 0.717) is 16.1 Å². The Balaban J connectivity index is 1.45. The van der Waals surface area contributed by atoms with Gasteiger partial charge in [0.05, 0.1) is 0 Å². The highest BCUT2D eigenvalue weighted by molar-refractivity contribution is 8.00. The molecule has 0 bridgehead atoms. The van der Waals surface area contributed by atoms with Crippen LogP contribution in [0.4, 0.5) is 5.13 Å². The summed E-state index contributed by atoms with van der Waals surface area (Å²) in [5.74, 6) is 0.198. The van der Waals surface area contributed by atoms with Gasteiger partial charge in [0.15, 0.2) is 4.34 Å². The summed E-state index contributed by atoms with van der Waals surface area (Å²) in [5, 5.41) is 11.7. The smallest absolute Gasteiger partial charge is 0.349 e. The lowest BCUT2D eigenvalue weighted by molar-refractivity contribution is 0.102. The highest BCUT2D eigenvalue weighted by Crippen LogP contribution is 2.28. The highest BCUT2D eigenvalue weighted by Gasteiger charge is 2.16. The van der Waals surface area contributed by atoms with Crippen LogP contribution in [0.3, 0.4) is 0 Å². The minimum absolute atomic E-state index is 0.0668. The van der Waals surface area contributed by atoms with Crippen LogP contribution < -0.4 is 10.9 Å². The summed E-state index contributed by atoms with van der Waals surface area (Å²) in [4.78, 5) is 24.6. The standard InChI is InChI=1S/C20H15N3O3S2/c1-12-5-4-6-13(9-12)11-27-20-23-22-19(28-20)21-17(24)15-10-14-7-2-3-8-16(14)26-18(15)25/h2-10H,11H2,1H3,(H,21,22,24). The SMILES string of the molecule is Cc1cccc(CSc2nnc(NC(=O)c3cc4ccccc4oc3=O)s2)c1. The van der Waals surface area contributed by atoms with Gasteiger partial charge in [0.2, 0.25) is 5.13 Å². The van der Waals surface area contributed by atoms with Gasteiger partial charge in [-0.15, -0.1) is 10.2 Å². The number of nitrogens with one attached hydrogen (secondary N) is 1. The molecule has 2 aromatic heterocycles. The van der Waals surface area contributed by atoms with Crippen molar-refractivity contribution in [3.05, 3.63) is 81.7 Å². The van der Waals surface area contributed by atoms with E-state index in [1.54, 1.807) is 30.0 Å². The fraction of sp³-hybridized carbons (Fsp3) is 0.100. The number of para-hydroxylation sites is 1. The van der Waals surface area contributed by atoms with E-state index in [-0.39, 0.29) is 5.56 Å². The first-order valence-corrected chi connectivity index (χ1v) is 10.2. The summed E-state index contributed by atoms with van der Waals surface area (Å²) >= 11 is 2.81. The Morgan fingerprint density at radius 2 is 2.00 bits per heavy atom. The van der Waals surface area contributed by atoms with Gasteiger partial charge in [-0.05, 0) is 24.6 Å². The van der Waals surface area contributed by atoms with E-state index in [4.69, 9.17) is 4.42 Å². The number of carbonyl (C=O) groups excluding carboxylic acids is 1. The summed E-state index contributed by atoms with van der Waals surface area (Å²) in [6.45, 7) is 2.05. The summed E-state index contributed by atoms with van der Waals surface area (Å²) in [6, 6.07) is 16.8. The maximum atomic E-state index is 12.5. The number of benzene rings is 2. The Labute approximate surface area is 168 Å². The van der Waals surface area contributed by atoms with Crippen LogP contribution in [0.1, 0.15) is 21.5 Å². The number of carbonyl (C=O) groups is 1. The summed E-state index contributed by atoms with van der Waals surface area (Å²) in [5.41, 5.74) is 2.09. The Morgan fingerprint density at radius 3 is 2.86 bits per heavy atom. The highest BCUT2D eigenvalue weighted by atomic mass is 32.2. The first kappa shape index (κ1) is 18.4. The number of anilines is 1. The number of aromatic nitrogens is 2. The van der Waals surface area contributed by atoms with Gasteiger partial charge in [-0.25, -0.2) is 4.79 Å². The monoisotopic (exact) mass is 409 g/mol. The molecule has 4 aromatic rings. The Kier molecular flexibility index (Phi) is 5.23. The third-order valence-electron chi connectivity index (χ3n) is 3.96. The molecule has 2 aromatic carbocycles. The van der Waals surface area contributed by atoms with E-state index < -0.39 is 11.5 Å². The number of thioether (sulfide) groups is 1. The topological polar surface area (TPSA) is 85.1 Å². The van der Waals surface area contributed by atoms with Gasteiger partial charge in [-0.3, -0.25) is 10.1 Å². The number of amides is 1. The fourth-order valence-corrected chi connectivity index (χ4v) is 4.34. The van der Waals surface area contributed by atoms with E-state index in [9.17, 15) is 9.59 Å². The Morgan fingerprint density at radius 1 is 1.14 bits per heavy atom. The van der Waals surface area contributed by atoms with Crippen molar-refractivity contribution in [3.63, 3.8) is 0 Å². The molecule has 1 N–H and O–H groups in total. The molecule has 4 rings (SSSR count). The van der Waals surface area contributed by atoms with Crippen molar-refractivity contribution >= 4 is 45.1 Å². The predicted molar refractivity (Wildman–Crippen MR) is 111 cm³/mol. The maximum Gasteiger partial charge on any atom is 0.349 e. The van der Waals surface area contributed by atoms with Gasteiger partial charge in [-0.2, -0.15) is 0 Å². The zero-order valence-corrected chi connectivity index (χ0v) is 16.5. The molecule has 0 atom stereocenters. The van der Waals surface area contributed by atoms with Crippen LogP contribution in [0.15, 0.2) is 68.1 Å². The molecule has 0 saturated heterocycles. The van der Waals surface area contributed by atoms with Crippen LogP contribution in [0, 0.1) is 6.92 Å². The van der Waals surface area contributed by atoms with E-state index in [2.05, 4.69) is 40.6 Å². The number of hydrogen-bond acceptors (Lipinski definition) is 7. The molecule has 0 spiro atoms. The second kappa shape index (κ2) is 7.95. The average Bonchev–Trinajstić information content (AvgIpc) is 3.13. The zero-order chi connectivity index (χ0) is 19.5. The molecular formula is C20H15N3O3S2. The van der Waals surface area contributed by atoms with Gasteiger partial charge < -0.3 is 4.42 Å². The van der Waals surface area contributed by atoms with Crippen LogP contribution in [-0.2, 0) is 5.75 Å². The normalized spacial score (nSPS) is 10.9.